The number of aryl methyl sites for hydroxylation is 2. The van der Waals surface area contributed by atoms with Crippen molar-refractivity contribution in [3.63, 3.8) is 0 Å². The lowest BCUT2D eigenvalue weighted by molar-refractivity contribution is -0.135. The number of benzene rings is 2. The van der Waals surface area contributed by atoms with Crippen LogP contribution >= 0.6 is 11.3 Å². The summed E-state index contributed by atoms with van der Waals surface area (Å²) in [4.78, 5) is 32.1. The molecule has 1 aliphatic carbocycles. The van der Waals surface area contributed by atoms with Crippen molar-refractivity contribution in [3.8, 4) is 5.75 Å². The smallest absolute Gasteiger partial charge is 0.254 e. The molecule has 1 atom stereocenters. The van der Waals surface area contributed by atoms with Gasteiger partial charge in [0.1, 0.15) is 18.9 Å². The average molecular weight is 489 g/mol. The van der Waals surface area contributed by atoms with Gasteiger partial charge in [-0.2, -0.15) is 0 Å². The van der Waals surface area contributed by atoms with E-state index in [2.05, 4.69) is 11.4 Å². The molecule has 0 saturated heterocycles. The van der Waals surface area contributed by atoms with Gasteiger partial charge in [0.05, 0.1) is 6.04 Å². The number of hydrogen-bond donors (Lipinski definition) is 0. The fraction of sp³-hybridized carbons (Fsp3) is 0.379. The van der Waals surface area contributed by atoms with E-state index in [-0.39, 0.29) is 24.4 Å². The number of carbonyl (C=O) groups excluding carboxylic acids is 2. The van der Waals surface area contributed by atoms with Crippen molar-refractivity contribution in [2.45, 2.75) is 39.2 Å². The van der Waals surface area contributed by atoms with Crippen molar-refractivity contribution in [1.29, 1.82) is 0 Å². The van der Waals surface area contributed by atoms with Gasteiger partial charge in [-0.05, 0) is 79.8 Å². The highest BCUT2D eigenvalue weighted by atomic mass is 32.1. The van der Waals surface area contributed by atoms with Crippen LogP contribution in [0.2, 0.25) is 0 Å². The monoisotopic (exact) mass is 488 g/mol. The summed E-state index contributed by atoms with van der Waals surface area (Å²) in [6.45, 7) is 5.82. The molecule has 182 valence electrons. The van der Waals surface area contributed by atoms with Crippen molar-refractivity contribution in [2.75, 3.05) is 26.2 Å². The highest BCUT2D eigenvalue weighted by molar-refractivity contribution is 7.10. The predicted octanol–water partition coefficient (Wildman–Crippen LogP) is 5.42. The number of nitrogens with zero attached hydrogens (tertiary/aromatic N) is 2. The van der Waals surface area contributed by atoms with Gasteiger partial charge in [0, 0.05) is 23.5 Å². The van der Waals surface area contributed by atoms with Gasteiger partial charge in [0.2, 0.25) is 5.91 Å². The SMILES string of the molecule is Cc1ccc(C(=O)N(CC(=O)N2CCc3sccc3C2COc2ccccc2C)CC2CC2)cc1. The van der Waals surface area contributed by atoms with Crippen LogP contribution in [0.1, 0.15) is 50.8 Å². The molecule has 0 N–H and O–H groups in total. The van der Waals surface area contributed by atoms with E-state index in [0.29, 0.717) is 31.2 Å². The van der Waals surface area contributed by atoms with Crippen LogP contribution < -0.4 is 4.74 Å². The Kier molecular flexibility index (Phi) is 6.91. The topological polar surface area (TPSA) is 49.9 Å². The van der Waals surface area contributed by atoms with Crippen molar-refractivity contribution < 1.29 is 14.3 Å². The van der Waals surface area contributed by atoms with E-state index in [4.69, 9.17) is 4.74 Å². The second-order valence-corrected chi connectivity index (χ2v) is 10.7. The van der Waals surface area contributed by atoms with Gasteiger partial charge in [0.15, 0.2) is 0 Å². The average Bonchev–Trinajstić information content (AvgIpc) is 3.55. The molecule has 2 aromatic carbocycles. The molecule has 1 aromatic heterocycles. The molecule has 3 aromatic rings. The molecule has 1 fully saturated rings. The lowest BCUT2D eigenvalue weighted by Crippen LogP contribution is -2.48. The number of carbonyl (C=O) groups is 2. The summed E-state index contributed by atoms with van der Waals surface area (Å²) in [6, 6.07) is 17.5. The summed E-state index contributed by atoms with van der Waals surface area (Å²) in [5.41, 5.74) is 4.00. The molecule has 1 unspecified atom stereocenters. The molecular formula is C29H32N2O3S. The first-order chi connectivity index (χ1) is 17.0. The molecule has 0 spiro atoms. The molecule has 0 radical (unpaired) electrons. The van der Waals surface area contributed by atoms with Gasteiger partial charge in [-0.15, -0.1) is 11.3 Å². The van der Waals surface area contributed by atoms with E-state index in [1.54, 1.807) is 16.2 Å². The standard InChI is InChI=1S/C29H32N2O3S/c1-20-7-11-23(12-8-20)29(33)30(17-22-9-10-22)18-28(32)31-15-13-27-24(14-16-35-27)25(31)19-34-26-6-4-3-5-21(26)2/h3-8,11-12,14,16,22,25H,9-10,13,15,17-19H2,1-2H3. The zero-order valence-corrected chi connectivity index (χ0v) is 21.2. The van der Waals surface area contributed by atoms with Gasteiger partial charge in [-0.1, -0.05) is 35.9 Å². The number of rotatable bonds is 8. The Balaban J connectivity index is 1.34. The maximum atomic E-state index is 13.7. The minimum absolute atomic E-state index is 0.0126. The van der Waals surface area contributed by atoms with E-state index in [0.717, 1.165) is 36.1 Å². The Morgan fingerprint density at radius 2 is 1.83 bits per heavy atom. The fourth-order valence-electron chi connectivity index (χ4n) is 4.73. The number of hydrogen-bond acceptors (Lipinski definition) is 4. The maximum Gasteiger partial charge on any atom is 0.254 e. The fourth-order valence-corrected chi connectivity index (χ4v) is 5.65. The largest absolute Gasteiger partial charge is 0.491 e. The van der Waals surface area contributed by atoms with Crippen LogP contribution in [0, 0.1) is 19.8 Å². The zero-order chi connectivity index (χ0) is 24.4. The Bertz CT molecular complexity index is 1200. The first-order valence-electron chi connectivity index (χ1n) is 12.4. The van der Waals surface area contributed by atoms with Crippen LogP contribution in [-0.2, 0) is 11.2 Å². The number of thiophene rings is 1. The van der Waals surface area contributed by atoms with E-state index in [1.165, 1.54) is 10.4 Å². The highest BCUT2D eigenvalue weighted by Crippen LogP contribution is 2.35. The molecule has 5 rings (SSSR count). The lowest BCUT2D eigenvalue weighted by atomic mass is 10.00. The van der Waals surface area contributed by atoms with Crippen molar-refractivity contribution >= 4 is 23.2 Å². The second-order valence-electron chi connectivity index (χ2n) is 9.72. The van der Waals surface area contributed by atoms with Crippen LogP contribution in [0.3, 0.4) is 0 Å². The van der Waals surface area contributed by atoms with E-state index in [9.17, 15) is 9.59 Å². The van der Waals surface area contributed by atoms with Crippen LogP contribution in [-0.4, -0.2) is 47.9 Å². The van der Waals surface area contributed by atoms with E-state index in [1.807, 2.05) is 67.3 Å². The first kappa shape index (κ1) is 23.6. The number of ether oxygens (including phenoxy) is 1. The zero-order valence-electron chi connectivity index (χ0n) is 20.4. The minimum Gasteiger partial charge on any atom is -0.491 e. The van der Waals surface area contributed by atoms with E-state index >= 15 is 0 Å². The van der Waals surface area contributed by atoms with Crippen molar-refractivity contribution in [2.24, 2.45) is 5.92 Å². The molecule has 0 bridgehead atoms. The van der Waals surface area contributed by atoms with Gasteiger partial charge < -0.3 is 14.5 Å². The summed E-state index contributed by atoms with van der Waals surface area (Å²) in [6.07, 6.45) is 3.09. The number of para-hydroxylation sites is 1. The molecule has 5 nitrogen and oxygen atoms in total. The molecule has 1 saturated carbocycles. The molecule has 1 aliphatic heterocycles. The summed E-state index contributed by atoms with van der Waals surface area (Å²) >= 11 is 1.74. The van der Waals surface area contributed by atoms with Crippen molar-refractivity contribution in [3.05, 3.63) is 87.1 Å². The van der Waals surface area contributed by atoms with Crippen LogP contribution in [0.4, 0.5) is 0 Å². The third kappa shape index (κ3) is 5.43. The van der Waals surface area contributed by atoms with E-state index < -0.39 is 0 Å². The molecule has 2 heterocycles. The van der Waals surface area contributed by atoms with Gasteiger partial charge >= 0.3 is 0 Å². The summed E-state index contributed by atoms with van der Waals surface area (Å²) < 4.78 is 6.22. The Morgan fingerprint density at radius 3 is 2.57 bits per heavy atom. The number of fused-ring (bicyclic) bond motifs is 1. The summed E-state index contributed by atoms with van der Waals surface area (Å²) in [5, 5.41) is 2.10. The molecule has 2 amide bonds. The van der Waals surface area contributed by atoms with Gasteiger partial charge in [-0.3, -0.25) is 9.59 Å². The third-order valence-corrected chi connectivity index (χ3v) is 7.99. The lowest BCUT2D eigenvalue weighted by Gasteiger charge is -2.37. The first-order valence-corrected chi connectivity index (χ1v) is 13.3. The summed E-state index contributed by atoms with van der Waals surface area (Å²) in [7, 11) is 0. The molecule has 2 aliphatic rings. The molecule has 35 heavy (non-hydrogen) atoms. The van der Waals surface area contributed by atoms with Crippen molar-refractivity contribution in [1.82, 2.24) is 9.80 Å². The quantitative estimate of drug-likeness (QED) is 0.425. The summed E-state index contributed by atoms with van der Waals surface area (Å²) in [5.74, 6) is 1.27. The Hall–Kier alpha value is -3.12. The third-order valence-electron chi connectivity index (χ3n) is 6.99. The molecule has 6 heteroatoms. The maximum absolute atomic E-state index is 13.7. The Labute approximate surface area is 211 Å². The second kappa shape index (κ2) is 10.2. The Morgan fingerprint density at radius 1 is 1.06 bits per heavy atom. The van der Waals surface area contributed by atoms with Gasteiger partial charge in [0.25, 0.3) is 5.91 Å². The molecular weight excluding hydrogens is 456 g/mol. The van der Waals surface area contributed by atoms with Crippen LogP contribution in [0.15, 0.2) is 60.0 Å². The predicted molar refractivity (Wildman–Crippen MR) is 139 cm³/mol. The number of amides is 2. The van der Waals surface area contributed by atoms with Gasteiger partial charge in [-0.25, -0.2) is 0 Å². The minimum atomic E-state index is -0.158. The highest BCUT2D eigenvalue weighted by Gasteiger charge is 2.35. The van der Waals surface area contributed by atoms with Crippen LogP contribution in [0.25, 0.3) is 0 Å². The normalized spacial score (nSPS) is 17.1. The van der Waals surface area contributed by atoms with Crippen LogP contribution in [0.5, 0.6) is 5.75 Å².